The zero-order valence-electron chi connectivity index (χ0n) is 10.3. The normalized spacial score (nSPS) is 11.7. The summed E-state index contributed by atoms with van der Waals surface area (Å²) in [5.74, 6) is -0.231. The number of aryl methyl sites for hydroxylation is 1. The van der Waals surface area contributed by atoms with Crippen LogP contribution in [-0.4, -0.2) is 10.9 Å². The van der Waals surface area contributed by atoms with Crippen molar-refractivity contribution in [1.82, 2.24) is 0 Å². The second-order valence-corrected chi connectivity index (χ2v) is 4.56. The second-order valence-electron chi connectivity index (χ2n) is 4.10. The molecule has 0 aliphatic rings. The predicted molar refractivity (Wildman–Crippen MR) is 70.9 cm³/mol. The van der Waals surface area contributed by atoms with Crippen LogP contribution in [0.2, 0.25) is 0 Å². The van der Waals surface area contributed by atoms with Gasteiger partial charge in [-0.1, -0.05) is 17.7 Å². The fourth-order valence-electron chi connectivity index (χ4n) is 1.53. The van der Waals surface area contributed by atoms with Gasteiger partial charge in [-0.2, -0.15) is 0 Å². The molecule has 1 aromatic carbocycles. The van der Waals surface area contributed by atoms with Gasteiger partial charge < -0.3 is 0 Å². The number of nitrogens with zero attached hydrogens (tertiary/aromatic N) is 1. The Morgan fingerprint density at radius 1 is 1.41 bits per heavy atom. The number of hydrogen-bond donors (Lipinski definition) is 1. The first-order valence-corrected chi connectivity index (χ1v) is 5.77. The maximum atomic E-state index is 13.6. The van der Waals surface area contributed by atoms with Crippen LogP contribution in [0, 0.1) is 25.1 Å². The summed E-state index contributed by atoms with van der Waals surface area (Å²) in [4.78, 5) is 4.25. The third-order valence-corrected chi connectivity index (χ3v) is 2.86. The molecule has 0 saturated heterocycles. The molecule has 0 radical (unpaired) electrons. The Kier molecular flexibility index (Phi) is 4.82. The number of benzene rings is 1. The summed E-state index contributed by atoms with van der Waals surface area (Å²) in [5, 5.41) is 7.19. The highest BCUT2D eigenvalue weighted by Crippen LogP contribution is 2.18. The van der Waals surface area contributed by atoms with E-state index in [-0.39, 0.29) is 11.0 Å². The van der Waals surface area contributed by atoms with Crippen LogP contribution < -0.4 is 0 Å². The lowest BCUT2D eigenvalue weighted by molar-refractivity contribution is 0.608. The van der Waals surface area contributed by atoms with Crippen molar-refractivity contribution >= 4 is 22.5 Å². The average Bonchev–Trinajstić information content (AvgIpc) is 2.23. The van der Waals surface area contributed by atoms with Gasteiger partial charge in [0.15, 0.2) is 0 Å². The van der Waals surface area contributed by atoms with E-state index in [1.165, 1.54) is 6.07 Å². The molecule has 1 N–H and O–H groups in total. The minimum atomic E-state index is -0.231. The molecule has 4 heteroatoms. The molecular weight excluding hydrogens is 239 g/mol. The zero-order valence-corrected chi connectivity index (χ0v) is 11.0. The van der Waals surface area contributed by atoms with E-state index < -0.39 is 0 Å². The summed E-state index contributed by atoms with van der Waals surface area (Å²) in [5.41, 5.74) is 3.34. The molecule has 1 aromatic rings. The molecule has 0 fully saturated rings. The smallest absolute Gasteiger partial charge is 0.128 e. The van der Waals surface area contributed by atoms with Crippen molar-refractivity contribution in [2.45, 2.75) is 33.7 Å². The first-order chi connectivity index (χ1) is 7.91. The highest BCUT2D eigenvalue weighted by molar-refractivity contribution is 6.66. The molecule has 0 atom stereocenters. The molecule has 0 unspecified atom stereocenters. The van der Waals surface area contributed by atoms with Gasteiger partial charge in [0.25, 0.3) is 0 Å². The average molecular weight is 255 g/mol. The predicted octanol–water partition coefficient (Wildman–Crippen LogP) is 4.01. The maximum Gasteiger partial charge on any atom is 0.128 e. The van der Waals surface area contributed by atoms with Gasteiger partial charge in [-0.3, -0.25) is 10.4 Å². The van der Waals surface area contributed by atoms with Crippen molar-refractivity contribution in [2.24, 2.45) is 4.99 Å². The number of halogens is 2. The van der Waals surface area contributed by atoms with E-state index in [9.17, 15) is 4.39 Å². The van der Waals surface area contributed by atoms with Crippen LogP contribution in [0.4, 0.5) is 4.39 Å². The summed E-state index contributed by atoms with van der Waals surface area (Å²) in [6.45, 7) is 5.93. The van der Waals surface area contributed by atoms with E-state index in [0.29, 0.717) is 18.5 Å². The van der Waals surface area contributed by atoms with Crippen molar-refractivity contribution in [1.29, 1.82) is 5.41 Å². The number of nitrogens with one attached hydrogen (secondary N) is 1. The lowest BCUT2D eigenvalue weighted by Crippen LogP contribution is -2.01. The minimum absolute atomic E-state index is 0.0488. The van der Waals surface area contributed by atoms with Crippen molar-refractivity contribution in [3.05, 3.63) is 34.6 Å². The first kappa shape index (κ1) is 13.8. The lowest BCUT2D eigenvalue weighted by Gasteiger charge is -2.08. The van der Waals surface area contributed by atoms with Gasteiger partial charge in [0.2, 0.25) is 0 Å². The van der Waals surface area contributed by atoms with Gasteiger partial charge in [0.05, 0.1) is 6.54 Å². The molecular formula is C13H16ClFN2. The fraction of sp³-hybridized carbons (Fsp3) is 0.385. The van der Waals surface area contributed by atoms with Gasteiger partial charge >= 0.3 is 0 Å². The van der Waals surface area contributed by atoms with Crippen molar-refractivity contribution < 1.29 is 4.39 Å². The molecule has 0 saturated carbocycles. The molecule has 2 nitrogen and oxygen atoms in total. The topological polar surface area (TPSA) is 36.2 Å². The largest absolute Gasteiger partial charge is 0.293 e. The van der Waals surface area contributed by atoms with E-state index in [4.69, 9.17) is 17.0 Å². The van der Waals surface area contributed by atoms with Crippen molar-refractivity contribution in [3.8, 4) is 0 Å². The van der Waals surface area contributed by atoms with Gasteiger partial charge in [0, 0.05) is 17.7 Å². The highest BCUT2D eigenvalue weighted by atomic mass is 35.5. The standard InChI is InChI=1S/C13H16ClFN2/c1-8-4-5-12(15)11(10(8)3)7-17-9(2)6-13(14)16/h4-5,16H,6-7H2,1-3H3. The van der Waals surface area contributed by atoms with Crippen LogP contribution in [0.5, 0.6) is 0 Å². The minimum Gasteiger partial charge on any atom is -0.293 e. The second kappa shape index (κ2) is 5.92. The van der Waals surface area contributed by atoms with Crippen LogP contribution in [0.1, 0.15) is 30.0 Å². The Hall–Kier alpha value is -1.22. The van der Waals surface area contributed by atoms with Crippen molar-refractivity contribution in [3.63, 3.8) is 0 Å². The van der Waals surface area contributed by atoms with Crippen LogP contribution >= 0.6 is 11.6 Å². The summed E-state index contributed by atoms with van der Waals surface area (Å²) >= 11 is 5.47. The molecule has 92 valence electrons. The highest BCUT2D eigenvalue weighted by Gasteiger charge is 2.07. The Morgan fingerprint density at radius 3 is 2.65 bits per heavy atom. The van der Waals surface area contributed by atoms with Crippen LogP contribution in [0.3, 0.4) is 0 Å². The Morgan fingerprint density at radius 2 is 2.06 bits per heavy atom. The first-order valence-electron chi connectivity index (χ1n) is 5.39. The summed E-state index contributed by atoms with van der Waals surface area (Å²) in [7, 11) is 0. The van der Waals surface area contributed by atoms with Crippen molar-refractivity contribution in [2.75, 3.05) is 0 Å². The molecule has 0 aromatic heterocycles. The summed E-state index contributed by atoms with van der Waals surface area (Å²) in [6, 6.07) is 3.23. The summed E-state index contributed by atoms with van der Waals surface area (Å²) < 4.78 is 13.6. The van der Waals surface area contributed by atoms with E-state index in [1.54, 1.807) is 13.0 Å². The van der Waals surface area contributed by atoms with E-state index in [2.05, 4.69) is 4.99 Å². The maximum absolute atomic E-state index is 13.6. The molecule has 17 heavy (non-hydrogen) atoms. The third kappa shape index (κ3) is 3.93. The Bertz CT molecular complexity index is 467. The van der Waals surface area contributed by atoms with Gasteiger partial charge in [-0.05, 0) is 38.0 Å². The zero-order chi connectivity index (χ0) is 13.0. The van der Waals surface area contributed by atoms with Gasteiger partial charge in [-0.25, -0.2) is 4.39 Å². The fourth-order valence-corrected chi connectivity index (χ4v) is 1.72. The molecule has 0 amide bonds. The Labute approximate surface area is 106 Å². The third-order valence-electron chi connectivity index (χ3n) is 2.73. The van der Waals surface area contributed by atoms with E-state index >= 15 is 0 Å². The van der Waals surface area contributed by atoms with Crippen LogP contribution in [0.25, 0.3) is 0 Å². The SMILES string of the molecule is CC(CC(=N)Cl)=NCc1c(F)ccc(C)c1C. The molecule has 0 heterocycles. The summed E-state index contributed by atoms with van der Waals surface area (Å²) in [6.07, 6.45) is 0.327. The number of rotatable bonds is 4. The number of aliphatic imine (C=N–C) groups is 1. The van der Waals surface area contributed by atoms with Crippen LogP contribution in [-0.2, 0) is 6.54 Å². The molecule has 0 bridgehead atoms. The van der Waals surface area contributed by atoms with E-state index in [0.717, 1.165) is 16.8 Å². The monoisotopic (exact) mass is 254 g/mol. The molecule has 1 rings (SSSR count). The Balaban J connectivity index is 2.89. The molecule has 0 aliphatic carbocycles. The number of hydrogen-bond acceptors (Lipinski definition) is 2. The van der Waals surface area contributed by atoms with Gasteiger partial charge in [-0.15, -0.1) is 0 Å². The van der Waals surface area contributed by atoms with Crippen LogP contribution in [0.15, 0.2) is 17.1 Å². The van der Waals surface area contributed by atoms with E-state index in [1.807, 2.05) is 13.8 Å². The lowest BCUT2D eigenvalue weighted by atomic mass is 10.0. The molecule has 0 spiro atoms. The quantitative estimate of drug-likeness (QED) is 0.789. The molecule has 0 aliphatic heterocycles. The van der Waals surface area contributed by atoms with Gasteiger partial charge in [0.1, 0.15) is 11.0 Å².